The number of amides is 1. The molecule has 4 nitrogen and oxygen atoms in total. The molecule has 0 heterocycles. The zero-order valence-electron chi connectivity index (χ0n) is 9.40. The third kappa shape index (κ3) is 4.04. The lowest BCUT2D eigenvalue weighted by Crippen LogP contribution is -2.07. The molecule has 1 N–H and O–H groups in total. The van der Waals surface area contributed by atoms with E-state index < -0.39 is 0 Å². The number of carbonyl (C=O) groups is 1. The Morgan fingerprint density at radius 1 is 1.38 bits per heavy atom. The summed E-state index contributed by atoms with van der Waals surface area (Å²) in [5.41, 5.74) is 0.715. The molecule has 0 fully saturated rings. The van der Waals surface area contributed by atoms with Crippen molar-refractivity contribution in [3.63, 3.8) is 0 Å². The molecule has 0 unspecified atom stereocenters. The highest BCUT2D eigenvalue weighted by Gasteiger charge is 1.97. The molecule has 16 heavy (non-hydrogen) atoms. The minimum atomic E-state index is -0.224. The van der Waals surface area contributed by atoms with Crippen LogP contribution in [0.2, 0.25) is 0 Å². The van der Waals surface area contributed by atoms with Crippen LogP contribution in [-0.2, 0) is 9.53 Å². The van der Waals surface area contributed by atoms with E-state index in [1.807, 2.05) is 6.92 Å². The summed E-state index contributed by atoms with van der Waals surface area (Å²) in [5, 5.41) is 2.69. The van der Waals surface area contributed by atoms with Crippen molar-refractivity contribution in [2.45, 2.75) is 6.92 Å². The van der Waals surface area contributed by atoms with Crippen LogP contribution in [0.25, 0.3) is 0 Å². The Kier molecular flexibility index (Phi) is 4.92. The summed E-state index contributed by atoms with van der Waals surface area (Å²) < 4.78 is 9.92. The molecule has 0 aliphatic heterocycles. The van der Waals surface area contributed by atoms with Crippen LogP contribution in [-0.4, -0.2) is 19.6 Å². The number of hydrogen-bond acceptors (Lipinski definition) is 3. The van der Waals surface area contributed by atoms with Crippen LogP contribution in [0.3, 0.4) is 0 Å². The summed E-state index contributed by atoms with van der Waals surface area (Å²) in [5.74, 6) is 0.529. The predicted octanol–water partition coefficient (Wildman–Crippen LogP) is 2.18. The van der Waals surface area contributed by atoms with Crippen molar-refractivity contribution in [3.05, 3.63) is 36.6 Å². The molecule has 86 valence electrons. The van der Waals surface area contributed by atoms with Gasteiger partial charge >= 0.3 is 0 Å². The van der Waals surface area contributed by atoms with Gasteiger partial charge in [-0.15, -0.1) is 0 Å². The molecule has 0 saturated heterocycles. The lowest BCUT2D eigenvalue weighted by molar-refractivity contribution is -0.112. The largest absolute Gasteiger partial charge is 0.501 e. The Balaban J connectivity index is 2.49. The van der Waals surface area contributed by atoms with Gasteiger partial charge in [-0.05, 0) is 31.2 Å². The van der Waals surface area contributed by atoms with Gasteiger partial charge in [0.1, 0.15) is 5.75 Å². The molecule has 0 saturated carbocycles. The van der Waals surface area contributed by atoms with Crippen LogP contribution < -0.4 is 10.1 Å². The summed E-state index contributed by atoms with van der Waals surface area (Å²) in [6.07, 6.45) is 2.71. The van der Waals surface area contributed by atoms with Gasteiger partial charge in [0.25, 0.3) is 5.91 Å². The number of hydrogen-bond donors (Lipinski definition) is 1. The number of ether oxygens (including phenoxy) is 2. The number of carbonyl (C=O) groups excluding carboxylic acids is 1. The quantitative estimate of drug-likeness (QED) is 0.612. The summed E-state index contributed by atoms with van der Waals surface area (Å²) in [4.78, 5) is 11.3. The molecule has 0 bridgehead atoms. The van der Waals surface area contributed by atoms with Gasteiger partial charge in [-0.2, -0.15) is 0 Å². The van der Waals surface area contributed by atoms with Crippen LogP contribution in [0.1, 0.15) is 6.92 Å². The Hall–Kier alpha value is -1.97. The molecule has 0 atom stereocenters. The first-order valence-electron chi connectivity index (χ1n) is 4.99. The average Bonchev–Trinajstić information content (AvgIpc) is 2.30. The summed E-state index contributed by atoms with van der Waals surface area (Å²) >= 11 is 0. The third-order valence-electron chi connectivity index (χ3n) is 1.84. The lowest BCUT2D eigenvalue weighted by atomic mass is 10.3. The Labute approximate surface area is 94.9 Å². The highest BCUT2D eigenvalue weighted by Crippen LogP contribution is 2.14. The van der Waals surface area contributed by atoms with Gasteiger partial charge in [-0.25, -0.2) is 0 Å². The molecule has 1 amide bonds. The van der Waals surface area contributed by atoms with Gasteiger partial charge in [0, 0.05) is 11.8 Å². The second kappa shape index (κ2) is 6.50. The monoisotopic (exact) mass is 221 g/mol. The summed E-state index contributed by atoms with van der Waals surface area (Å²) in [6, 6.07) is 7.10. The lowest BCUT2D eigenvalue weighted by Gasteiger charge is -2.03. The zero-order chi connectivity index (χ0) is 11.8. The van der Waals surface area contributed by atoms with Gasteiger partial charge in [0.2, 0.25) is 0 Å². The van der Waals surface area contributed by atoms with Crippen molar-refractivity contribution in [2.24, 2.45) is 0 Å². The standard InChI is InChI=1S/C12H15NO3/c1-3-16-9-8-12(14)13-10-4-6-11(15-2)7-5-10/h4-9H,3H2,1-2H3,(H,13,14). The van der Waals surface area contributed by atoms with Crippen molar-refractivity contribution in [1.82, 2.24) is 0 Å². The van der Waals surface area contributed by atoms with E-state index >= 15 is 0 Å². The van der Waals surface area contributed by atoms with Gasteiger partial charge in [0.15, 0.2) is 0 Å². The van der Waals surface area contributed by atoms with E-state index in [-0.39, 0.29) is 5.91 Å². The first-order chi connectivity index (χ1) is 7.76. The van der Waals surface area contributed by atoms with Crippen LogP contribution in [0.5, 0.6) is 5.75 Å². The number of rotatable bonds is 5. The van der Waals surface area contributed by atoms with Crippen molar-refractivity contribution in [2.75, 3.05) is 19.0 Å². The van der Waals surface area contributed by atoms with Gasteiger partial charge in [-0.1, -0.05) is 0 Å². The van der Waals surface area contributed by atoms with E-state index in [1.165, 1.54) is 12.3 Å². The fourth-order valence-corrected chi connectivity index (χ4v) is 1.06. The second-order valence-corrected chi connectivity index (χ2v) is 2.98. The van der Waals surface area contributed by atoms with E-state index in [1.54, 1.807) is 31.4 Å². The highest BCUT2D eigenvalue weighted by atomic mass is 16.5. The van der Waals surface area contributed by atoms with Gasteiger partial charge < -0.3 is 14.8 Å². The molecule has 1 aromatic rings. The zero-order valence-corrected chi connectivity index (χ0v) is 9.40. The normalized spacial score (nSPS) is 10.1. The second-order valence-electron chi connectivity index (χ2n) is 2.98. The van der Waals surface area contributed by atoms with Crippen LogP contribution in [0.15, 0.2) is 36.6 Å². The number of anilines is 1. The van der Waals surface area contributed by atoms with Crippen molar-refractivity contribution < 1.29 is 14.3 Å². The molecule has 1 rings (SSSR count). The molecule has 4 heteroatoms. The highest BCUT2D eigenvalue weighted by molar-refractivity contribution is 5.99. The molecule has 0 aromatic heterocycles. The van der Waals surface area contributed by atoms with E-state index in [4.69, 9.17) is 9.47 Å². The SMILES string of the molecule is CCOC=CC(=O)Nc1ccc(OC)cc1. The number of nitrogens with one attached hydrogen (secondary N) is 1. The minimum absolute atomic E-state index is 0.224. The van der Waals surface area contributed by atoms with Crippen LogP contribution >= 0.6 is 0 Å². The molecule has 0 spiro atoms. The molecule has 0 aliphatic carbocycles. The van der Waals surface area contributed by atoms with Gasteiger partial charge in [0.05, 0.1) is 20.0 Å². The Bertz CT molecular complexity index is 357. The maximum absolute atomic E-state index is 11.3. The fraction of sp³-hybridized carbons (Fsp3) is 0.250. The van der Waals surface area contributed by atoms with Crippen LogP contribution in [0, 0.1) is 0 Å². The van der Waals surface area contributed by atoms with Crippen molar-refractivity contribution in [3.8, 4) is 5.75 Å². The molecule has 0 radical (unpaired) electrons. The fourth-order valence-electron chi connectivity index (χ4n) is 1.06. The predicted molar refractivity (Wildman–Crippen MR) is 62.4 cm³/mol. The Morgan fingerprint density at radius 2 is 2.06 bits per heavy atom. The van der Waals surface area contributed by atoms with Crippen molar-refractivity contribution >= 4 is 11.6 Å². The van der Waals surface area contributed by atoms with E-state index in [0.717, 1.165) is 5.75 Å². The summed E-state index contributed by atoms with van der Waals surface area (Å²) in [6.45, 7) is 2.40. The third-order valence-corrected chi connectivity index (χ3v) is 1.84. The first kappa shape index (κ1) is 12.1. The van der Waals surface area contributed by atoms with Crippen molar-refractivity contribution in [1.29, 1.82) is 0 Å². The molecule has 0 aliphatic rings. The number of methoxy groups -OCH3 is 1. The average molecular weight is 221 g/mol. The van der Waals surface area contributed by atoms with Gasteiger partial charge in [-0.3, -0.25) is 4.79 Å². The maximum atomic E-state index is 11.3. The smallest absolute Gasteiger partial charge is 0.251 e. The van der Waals surface area contributed by atoms with E-state index in [9.17, 15) is 4.79 Å². The minimum Gasteiger partial charge on any atom is -0.501 e. The Morgan fingerprint density at radius 3 is 2.62 bits per heavy atom. The molecular formula is C12H15NO3. The van der Waals surface area contributed by atoms with Crippen LogP contribution in [0.4, 0.5) is 5.69 Å². The molecular weight excluding hydrogens is 206 g/mol. The number of benzene rings is 1. The molecule has 1 aromatic carbocycles. The summed E-state index contributed by atoms with van der Waals surface area (Å²) in [7, 11) is 1.60. The van der Waals surface area contributed by atoms with E-state index in [0.29, 0.717) is 12.3 Å². The topological polar surface area (TPSA) is 47.6 Å². The van der Waals surface area contributed by atoms with E-state index in [2.05, 4.69) is 5.32 Å². The first-order valence-corrected chi connectivity index (χ1v) is 4.99. The maximum Gasteiger partial charge on any atom is 0.251 e.